The van der Waals surface area contributed by atoms with E-state index in [1.165, 1.54) is 11.8 Å². The highest BCUT2D eigenvalue weighted by Crippen LogP contribution is 2.27. The Morgan fingerprint density at radius 1 is 1.26 bits per heavy atom. The van der Waals surface area contributed by atoms with Crippen molar-refractivity contribution in [2.45, 2.75) is 29.9 Å². The zero-order valence-electron chi connectivity index (χ0n) is 15.0. The summed E-state index contributed by atoms with van der Waals surface area (Å²) in [6.45, 7) is 2.68. The van der Waals surface area contributed by atoms with Crippen molar-refractivity contribution in [2.24, 2.45) is 0 Å². The maximum Gasteiger partial charge on any atom is 0.233 e. The van der Waals surface area contributed by atoms with Gasteiger partial charge in [-0.3, -0.25) is 9.59 Å². The minimum absolute atomic E-state index is 0.0355. The number of aryl methyl sites for hydroxylation is 1. The van der Waals surface area contributed by atoms with Gasteiger partial charge in [0, 0.05) is 22.0 Å². The maximum atomic E-state index is 12.2. The highest BCUT2D eigenvalue weighted by atomic mass is 35.5. The molecule has 27 heavy (non-hydrogen) atoms. The quantitative estimate of drug-likeness (QED) is 0.542. The van der Waals surface area contributed by atoms with Crippen LogP contribution in [0.4, 0.5) is 5.69 Å². The molecule has 1 atom stereocenters. The molecule has 0 aliphatic carbocycles. The van der Waals surface area contributed by atoms with Crippen LogP contribution in [-0.2, 0) is 16.0 Å². The number of anilines is 1. The minimum Gasteiger partial charge on any atom is -0.492 e. The van der Waals surface area contributed by atoms with Crippen molar-refractivity contribution in [1.29, 1.82) is 0 Å². The first-order valence-corrected chi connectivity index (χ1v) is 10.0. The van der Waals surface area contributed by atoms with E-state index < -0.39 is 0 Å². The lowest BCUT2D eigenvalue weighted by Gasteiger charge is -2.18. The van der Waals surface area contributed by atoms with E-state index >= 15 is 0 Å². The van der Waals surface area contributed by atoms with Gasteiger partial charge in [0.05, 0.1) is 11.8 Å². The van der Waals surface area contributed by atoms with Crippen molar-refractivity contribution in [1.82, 2.24) is 5.32 Å². The molecule has 7 heteroatoms. The Morgan fingerprint density at radius 3 is 2.81 bits per heavy atom. The minimum atomic E-state index is -0.210. The summed E-state index contributed by atoms with van der Waals surface area (Å²) in [5.41, 5.74) is 1.92. The Balaban J connectivity index is 1.41. The van der Waals surface area contributed by atoms with Crippen LogP contribution in [0.1, 0.15) is 18.9 Å². The fraction of sp³-hybridized carbons (Fsp3) is 0.300. The van der Waals surface area contributed by atoms with Gasteiger partial charge in [-0.05, 0) is 61.4 Å². The van der Waals surface area contributed by atoms with Gasteiger partial charge in [-0.2, -0.15) is 0 Å². The number of nitrogens with one attached hydrogen (secondary N) is 2. The second-order valence-electron chi connectivity index (χ2n) is 6.22. The molecule has 1 unspecified atom stereocenters. The van der Waals surface area contributed by atoms with Gasteiger partial charge in [0.15, 0.2) is 0 Å². The molecule has 2 N–H and O–H groups in total. The molecule has 0 bridgehead atoms. The lowest BCUT2D eigenvalue weighted by Crippen LogP contribution is -2.33. The number of amides is 2. The zero-order valence-corrected chi connectivity index (χ0v) is 16.5. The van der Waals surface area contributed by atoms with Gasteiger partial charge < -0.3 is 15.4 Å². The van der Waals surface area contributed by atoms with E-state index in [9.17, 15) is 9.59 Å². The van der Waals surface area contributed by atoms with Crippen LogP contribution < -0.4 is 15.4 Å². The van der Waals surface area contributed by atoms with E-state index in [1.54, 1.807) is 0 Å². The summed E-state index contributed by atoms with van der Waals surface area (Å²) in [4.78, 5) is 24.6. The number of halogens is 1. The predicted molar refractivity (Wildman–Crippen MR) is 109 cm³/mol. The molecule has 1 heterocycles. The van der Waals surface area contributed by atoms with Crippen molar-refractivity contribution in [2.75, 3.05) is 18.5 Å². The number of thioether (sulfide) groups is 1. The molecule has 1 aliphatic rings. The van der Waals surface area contributed by atoms with Gasteiger partial charge in [-0.15, -0.1) is 11.8 Å². The van der Waals surface area contributed by atoms with Crippen molar-refractivity contribution >= 4 is 40.9 Å². The molecule has 1 aliphatic heterocycles. The molecule has 0 fully saturated rings. The number of hydrogen-bond donors (Lipinski definition) is 2. The van der Waals surface area contributed by atoms with Gasteiger partial charge in [0.2, 0.25) is 11.8 Å². The maximum absolute atomic E-state index is 12.2. The van der Waals surface area contributed by atoms with Crippen LogP contribution in [0.2, 0.25) is 5.02 Å². The molecule has 0 saturated heterocycles. The molecule has 2 aromatic carbocycles. The molecular formula is C20H21ClN2O3S. The fourth-order valence-electron chi connectivity index (χ4n) is 2.71. The molecule has 5 nitrogen and oxygen atoms in total. The predicted octanol–water partition coefficient (Wildman–Crippen LogP) is 3.90. The van der Waals surface area contributed by atoms with Crippen LogP contribution in [0.3, 0.4) is 0 Å². The van der Waals surface area contributed by atoms with Crippen LogP contribution in [0.5, 0.6) is 5.75 Å². The van der Waals surface area contributed by atoms with Crippen molar-refractivity contribution in [3.05, 3.63) is 53.1 Å². The summed E-state index contributed by atoms with van der Waals surface area (Å²) in [7, 11) is 0. The van der Waals surface area contributed by atoms with Crippen molar-refractivity contribution < 1.29 is 14.3 Å². The molecule has 0 aromatic heterocycles. The molecule has 0 radical (unpaired) electrons. The third kappa shape index (κ3) is 5.65. The monoisotopic (exact) mass is 404 g/mol. The number of hydrogen-bond acceptors (Lipinski definition) is 4. The summed E-state index contributed by atoms with van der Waals surface area (Å²) in [6, 6.07) is 13.0. The molecule has 142 valence electrons. The SMILES string of the molecule is CC(Sc1ccc(Cl)cc1)C(=O)NCCOc1ccc2c(c1)CCC(=O)N2. The van der Waals surface area contributed by atoms with Gasteiger partial charge in [-0.25, -0.2) is 0 Å². The Labute approximate surface area is 167 Å². The van der Waals surface area contributed by atoms with E-state index in [0.717, 1.165) is 21.9 Å². The zero-order chi connectivity index (χ0) is 19.2. The summed E-state index contributed by atoms with van der Waals surface area (Å²) < 4.78 is 5.71. The number of carbonyl (C=O) groups excluding carboxylic acids is 2. The number of fused-ring (bicyclic) bond motifs is 1. The second-order valence-corrected chi connectivity index (χ2v) is 8.07. The second kappa shape index (κ2) is 9.15. The lowest BCUT2D eigenvalue weighted by atomic mass is 10.0. The largest absolute Gasteiger partial charge is 0.492 e. The summed E-state index contributed by atoms with van der Waals surface area (Å²) in [5.74, 6) is 0.749. The average Bonchev–Trinajstić information content (AvgIpc) is 2.66. The topological polar surface area (TPSA) is 67.4 Å². The smallest absolute Gasteiger partial charge is 0.233 e. The lowest BCUT2D eigenvalue weighted by molar-refractivity contribution is -0.120. The van der Waals surface area contributed by atoms with Crippen molar-refractivity contribution in [3.63, 3.8) is 0 Å². The van der Waals surface area contributed by atoms with Gasteiger partial charge in [0.25, 0.3) is 0 Å². The van der Waals surface area contributed by atoms with Gasteiger partial charge >= 0.3 is 0 Å². The van der Waals surface area contributed by atoms with Gasteiger partial charge in [0.1, 0.15) is 12.4 Å². The Bertz CT molecular complexity index is 826. The first-order chi connectivity index (χ1) is 13.0. The molecule has 2 aromatic rings. The summed E-state index contributed by atoms with van der Waals surface area (Å²) in [6.07, 6.45) is 1.21. The van der Waals surface area contributed by atoms with E-state index in [4.69, 9.17) is 16.3 Å². The Hall–Kier alpha value is -2.18. The Morgan fingerprint density at radius 2 is 2.04 bits per heavy atom. The number of rotatable bonds is 7. The van der Waals surface area contributed by atoms with Crippen LogP contribution in [0, 0.1) is 0 Å². The van der Waals surface area contributed by atoms with Crippen LogP contribution >= 0.6 is 23.4 Å². The van der Waals surface area contributed by atoms with Crippen molar-refractivity contribution in [3.8, 4) is 5.75 Å². The average molecular weight is 405 g/mol. The summed E-state index contributed by atoms with van der Waals surface area (Å²) in [5, 5.41) is 6.20. The highest BCUT2D eigenvalue weighted by molar-refractivity contribution is 8.00. The van der Waals surface area contributed by atoms with Crippen LogP contribution in [0.25, 0.3) is 0 Å². The third-order valence-electron chi connectivity index (χ3n) is 4.14. The van der Waals surface area contributed by atoms with E-state index in [-0.39, 0.29) is 17.1 Å². The van der Waals surface area contributed by atoms with Crippen LogP contribution in [-0.4, -0.2) is 30.2 Å². The normalized spacial score (nSPS) is 14.1. The molecular weight excluding hydrogens is 384 g/mol. The number of benzene rings is 2. The molecule has 0 saturated carbocycles. The number of ether oxygens (including phenoxy) is 1. The van der Waals surface area contributed by atoms with Gasteiger partial charge in [-0.1, -0.05) is 11.6 Å². The first kappa shape index (κ1) is 19.6. The van der Waals surface area contributed by atoms with Crippen LogP contribution in [0.15, 0.2) is 47.4 Å². The Kier molecular flexibility index (Phi) is 6.63. The van der Waals surface area contributed by atoms with E-state index in [1.807, 2.05) is 49.4 Å². The molecule has 0 spiro atoms. The summed E-state index contributed by atoms with van der Waals surface area (Å²) >= 11 is 7.35. The fourth-order valence-corrected chi connectivity index (χ4v) is 3.73. The first-order valence-electron chi connectivity index (χ1n) is 8.77. The molecule has 2 amide bonds. The third-order valence-corrected chi connectivity index (χ3v) is 5.50. The standard InChI is InChI=1S/C20H21ClN2O3S/c1-13(27-17-6-3-15(21)4-7-17)20(25)22-10-11-26-16-5-8-18-14(12-16)2-9-19(24)23-18/h3-8,12-13H,2,9-11H2,1H3,(H,22,25)(H,23,24). The van der Waals surface area contributed by atoms with E-state index in [2.05, 4.69) is 10.6 Å². The van der Waals surface area contributed by atoms with E-state index in [0.29, 0.717) is 31.0 Å². The molecule has 3 rings (SSSR count). The highest BCUT2D eigenvalue weighted by Gasteiger charge is 2.16. The number of carbonyl (C=O) groups is 2.